The van der Waals surface area contributed by atoms with Crippen LogP contribution in [0.2, 0.25) is 0 Å². The molecule has 0 aliphatic heterocycles. The summed E-state index contributed by atoms with van der Waals surface area (Å²) >= 11 is 0. The highest BCUT2D eigenvalue weighted by Crippen LogP contribution is 2.14. The molecule has 2 heterocycles. The first kappa shape index (κ1) is 14.1. The predicted molar refractivity (Wildman–Crippen MR) is 84.2 cm³/mol. The van der Waals surface area contributed by atoms with Crippen LogP contribution in [-0.2, 0) is 6.54 Å². The van der Waals surface area contributed by atoms with Crippen molar-refractivity contribution in [3.63, 3.8) is 0 Å². The number of anilines is 1. The van der Waals surface area contributed by atoms with Gasteiger partial charge in [-0.05, 0) is 43.3 Å². The Balaban J connectivity index is 1.68. The largest absolute Gasteiger partial charge is 0.497 e. The van der Waals surface area contributed by atoms with Crippen molar-refractivity contribution < 1.29 is 4.74 Å². The van der Waals surface area contributed by atoms with Crippen molar-refractivity contribution in [3.05, 3.63) is 60.0 Å². The normalized spacial score (nSPS) is 10.5. The van der Waals surface area contributed by atoms with Crippen LogP contribution in [0.3, 0.4) is 0 Å². The molecule has 0 spiro atoms. The summed E-state index contributed by atoms with van der Waals surface area (Å²) in [4.78, 5) is 4.39. The van der Waals surface area contributed by atoms with Gasteiger partial charge in [0.25, 0.3) is 0 Å². The molecule has 6 nitrogen and oxygen atoms in total. The van der Waals surface area contributed by atoms with Crippen molar-refractivity contribution >= 4 is 5.82 Å². The summed E-state index contributed by atoms with van der Waals surface area (Å²) in [6.45, 7) is 2.54. The first-order valence-electron chi connectivity index (χ1n) is 6.98. The molecular formula is C16H17N5O. The molecule has 0 atom stereocenters. The van der Waals surface area contributed by atoms with E-state index in [0.29, 0.717) is 6.54 Å². The summed E-state index contributed by atoms with van der Waals surface area (Å²) in [6.07, 6.45) is 1.89. The first-order valence-corrected chi connectivity index (χ1v) is 6.98. The molecule has 3 aromatic rings. The van der Waals surface area contributed by atoms with Crippen LogP contribution >= 0.6 is 0 Å². The Morgan fingerprint density at radius 3 is 2.68 bits per heavy atom. The Bertz CT molecular complexity index is 751. The molecular weight excluding hydrogens is 278 g/mol. The molecule has 2 aromatic heterocycles. The van der Waals surface area contributed by atoms with E-state index in [1.807, 2.05) is 55.6 Å². The van der Waals surface area contributed by atoms with Crippen LogP contribution in [0, 0.1) is 6.92 Å². The molecule has 0 saturated heterocycles. The predicted octanol–water partition coefficient (Wildman–Crippen LogP) is 2.59. The van der Waals surface area contributed by atoms with Gasteiger partial charge in [-0.2, -0.15) is 0 Å². The van der Waals surface area contributed by atoms with Gasteiger partial charge in [0, 0.05) is 5.69 Å². The maximum atomic E-state index is 5.15. The van der Waals surface area contributed by atoms with Crippen LogP contribution < -0.4 is 10.1 Å². The van der Waals surface area contributed by atoms with Gasteiger partial charge in [-0.1, -0.05) is 11.3 Å². The van der Waals surface area contributed by atoms with Crippen molar-refractivity contribution in [2.24, 2.45) is 0 Å². The lowest BCUT2D eigenvalue weighted by Gasteiger charge is -2.03. The van der Waals surface area contributed by atoms with E-state index < -0.39 is 0 Å². The van der Waals surface area contributed by atoms with Gasteiger partial charge in [0.05, 0.1) is 25.5 Å². The van der Waals surface area contributed by atoms with Crippen LogP contribution in [0.15, 0.2) is 48.7 Å². The molecule has 0 unspecified atom stereocenters. The van der Waals surface area contributed by atoms with Gasteiger partial charge in [-0.3, -0.25) is 0 Å². The van der Waals surface area contributed by atoms with Gasteiger partial charge in [-0.15, -0.1) is 5.10 Å². The van der Waals surface area contributed by atoms with E-state index in [-0.39, 0.29) is 0 Å². The summed E-state index contributed by atoms with van der Waals surface area (Å²) in [6, 6.07) is 13.5. The van der Waals surface area contributed by atoms with Gasteiger partial charge < -0.3 is 10.1 Å². The average molecular weight is 295 g/mol. The number of aromatic nitrogens is 4. The van der Waals surface area contributed by atoms with E-state index in [1.54, 1.807) is 11.8 Å². The molecule has 22 heavy (non-hydrogen) atoms. The summed E-state index contributed by atoms with van der Waals surface area (Å²) in [5, 5.41) is 11.5. The number of pyridine rings is 1. The van der Waals surface area contributed by atoms with E-state index in [1.165, 1.54) is 0 Å². The molecule has 3 rings (SSSR count). The molecule has 0 saturated carbocycles. The number of nitrogens with one attached hydrogen (secondary N) is 1. The maximum Gasteiger partial charge on any atom is 0.126 e. The minimum atomic E-state index is 0.576. The van der Waals surface area contributed by atoms with Crippen molar-refractivity contribution in [1.29, 1.82) is 0 Å². The van der Waals surface area contributed by atoms with Crippen molar-refractivity contribution in [2.75, 3.05) is 12.4 Å². The standard InChI is InChI=1S/C16H17N5O/c1-12-4-3-5-16(18-12)17-10-13-11-21(20-19-13)14-6-8-15(22-2)9-7-14/h3-9,11H,10H2,1-2H3,(H,17,18). The highest BCUT2D eigenvalue weighted by molar-refractivity contribution is 5.37. The number of benzene rings is 1. The van der Waals surface area contributed by atoms with Gasteiger partial charge in [0.15, 0.2) is 0 Å². The molecule has 0 radical (unpaired) electrons. The lowest BCUT2D eigenvalue weighted by Crippen LogP contribution is -2.02. The molecule has 1 N–H and O–H groups in total. The van der Waals surface area contributed by atoms with Gasteiger partial charge in [-0.25, -0.2) is 9.67 Å². The highest BCUT2D eigenvalue weighted by Gasteiger charge is 2.04. The van der Waals surface area contributed by atoms with E-state index >= 15 is 0 Å². The fourth-order valence-electron chi connectivity index (χ4n) is 2.06. The second kappa shape index (κ2) is 6.26. The fraction of sp³-hybridized carbons (Fsp3) is 0.188. The second-order valence-electron chi connectivity index (χ2n) is 4.87. The third-order valence-corrected chi connectivity index (χ3v) is 3.22. The molecule has 112 valence electrons. The number of hydrogen-bond acceptors (Lipinski definition) is 5. The monoisotopic (exact) mass is 295 g/mol. The number of nitrogens with zero attached hydrogens (tertiary/aromatic N) is 4. The van der Waals surface area contributed by atoms with Crippen LogP contribution in [0.1, 0.15) is 11.4 Å². The van der Waals surface area contributed by atoms with Crippen molar-refractivity contribution in [3.8, 4) is 11.4 Å². The number of rotatable bonds is 5. The van der Waals surface area contributed by atoms with Gasteiger partial charge in [0.1, 0.15) is 17.3 Å². The lowest BCUT2D eigenvalue weighted by atomic mass is 10.3. The van der Waals surface area contributed by atoms with Gasteiger partial charge in [0.2, 0.25) is 0 Å². The lowest BCUT2D eigenvalue weighted by molar-refractivity contribution is 0.414. The number of ether oxygens (including phenoxy) is 1. The van der Waals surface area contributed by atoms with Crippen LogP contribution in [0.5, 0.6) is 5.75 Å². The van der Waals surface area contributed by atoms with Crippen LogP contribution in [-0.4, -0.2) is 27.1 Å². The molecule has 0 amide bonds. The summed E-state index contributed by atoms with van der Waals surface area (Å²) in [5.41, 5.74) is 2.76. The Hall–Kier alpha value is -2.89. The highest BCUT2D eigenvalue weighted by atomic mass is 16.5. The average Bonchev–Trinajstić information content (AvgIpc) is 3.02. The third-order valence-electron chi connectivity index (χ3n) is 3.22. The number of methoxy groups -OCH3 is 1. The summed E-state index contributed by atoms with van der Waals surface area (Å²) < 4.78 is 6.88. The topological polar surface area (TPSA) is 64.9 Å². The maximum absolute atomic E-state index is 5.15. The summed E-state index contributed by atoms with van der Waals surface area (Å²) in [5.74, 6) is 1.65. The SMILES string of the molecule is COc1ccc(-n2cc(CNc3cccc(C)n3)nn2)cc1. The Kier molecular flexibility index (Phi) is 4.00. The van der Waals surface area contributed by atoms with Crippen LogP contribution in [0.25, 0.3) is 5.69 Å². The van der Waals surface area contributed by atoms with Crippen LogP contribution in [0.4, 0.5) is 5.82 Å². The zero-order valence-corrected chi connectivity index (χ0v) is 12.5. The van der Waals surface area contributed by atoms with Gasteiger partial charge >= 0.3 is 0 Å². The van der Waals surface area contributed by atoms with E-state index in [2.05, 4.69) is 20.6 Å². The second-order valence-corrected chi connectivity index (χ2v) is 4.87. The zero-order chi connectivity index (χ0) is 15.4. The van der Waals surface area contributed by atoms with E-state index in [4.69, 9.17) is 4.74 Å². The Morgan fingerprint density at radius 1 is 1.14 bits per heavy atom. The number of aryl methyl sites for hydroxylation is 1. The number of hydrogen-bond donors (Lipinski definition) is 1. The molecule has 0 aliphatic rings. The first-order chi connectivity index (χ1) is 10.7. The minimum Gasteiger partial charge on any atom is -0.497 e. The Labute approximate surface area is 128 Å². The molecule has 6 heteroatoms. The summed E-state index contributed by atoms with van der Waals surface area (Å²) in [7, 11) is 1.65. The molecule has 0 bridgehead atoms. The fourth-order valence-corrected chi connectivity index (χ4v) is 2.06. The Morgan fingerprint density at radius 2 is 1.95 bits per heavy atom. The quantitative estimate of drug-likeness (QED) is 0.783. The molecule has 0 fully saturated rings. The van der Waals surface area contributed by atoms with E-state index in [9.17, 15) is 0 Å². The van der Waals surface area contributed by atoms with Crippen molar-refractivity contribution in [2.45, 2.75) is 13.5 Å². The third kappa shape index (κ3) is 3.22. The van der Waals surface area contributed by atoms with Crippen molar-refractivity contribution in [1.82, 2.24) is 20.0 Å². The zero-order valence-electron chi connectivity index (χ0n) is 12.5. The van der Waals surface area contributed by atoms with E-state index in [0.717, 1.165) is 28.6 Å². The smallest absolute Gasteiger partial charge is 0.126 e. The molecule has 1 aromatic carbocycles. The minimum absolute atomic E-state index is 0.576. The molecule has 0 aliphatic carbocycles.